The van der Waals surface area contributed by atoms with E-state index in [1.54, 1.807) is 4.90 Å². The summed E-state index contributed by atoms with van der Waals surface area (Å²) in [6, 6.07) is -0.825. The zero-order valence-electron chi connectivity index (χ0n) is 12.2. The summed E-state index contributed by atoms with van der Waals surface area (Å²) >= 11 is 0. The van der Waals surface area contributed by atoms with Gasteiger partial charge in [0.25, 0.3) is 0 Å². The molecule has 0 aliphatic carbocycles. The van der Waals surface area contributed by atoms with Crippen LogP contribution in [0.4, 0.5) is 4.79 Å². The van der Waals surface area contributed by atoms with Crippen LogP contribution in [0.25, 0.3) is 0 Å². The van der Waals surface area contributed by atoms with Gasteiger partial charge < -0.3 is 15.3 Å². The first-order valence-corrected chi connectivity index (χ1v) is 7.27. The minimum Gasteiger partial charge on any atom is -0.480 e. The Labute approximate surface area is 115 Å². The van der Waals surface area contributed by atoms with Crippen molar-refractivity contribution in [2.45, 2.75) is 65.0 Å². The standard InChI is InChI=1S/C14H26N2O3/c1-4-5-8-12(13(17)18)15-14(19)16-9-6-7-10(2)11(16)3/h10-12H,4-9H2,1-3H3,(H,15,19)(H,17,18). The Morgan fingerprint density at radius 1 is 1.42 bits per heavy atom. The summed E-state index contributed by atoms with van der Waals surface area (Å²) in [6.07, 6.45) is 4.35. The SMILES string of the molecule is CCCCC(NC(=O)N1CCCC(C)C1C)C(=O)O. The second-order valence-corrected chi connectivity index (χ2v) is 5.54. The molecule has 110 valence electrons. The average molecular weight is 270 g/mol. The fourth-order valence-corrected chi connectivity index (χ4v) is 2.52. The molecule has 5 nitrogen and oxygen atoms in total. The van der Waals surface area contributed by atoms with Crippen molar-refractivity contribution < 1.29 is 14.7 Å². The predicted molar refractivity (Wildman–Crippen MR) is 74.0 cm³/mol. The number of urea groups is 1. The summed E-state index contributed by atoms with van der Waals surface area (Å²) in [5.74, 6) is -0.474. The molecule has 0 bridgehead atoms. The van der Waals surface area contributed by atoms with Crippen molar-refractivity contribution in [1.29, 1.82) is 0 Å². The van der Waals surface area contributed by atoms with Crippen molar-refractivity contribution >= 4 is 12.0 Å². The van der Waals surface area contributed by atoms with Crippen LogP contribution in [0.1, 0.15) is 52.9 Å². The lowest BCUT2D eigenvalue weighted by atomic mass is 9.92. The molecule has 3 unspecified atom stereocenters. The van der Waals surface area contributed by atoms with Gasteiger partial charge in [-0.2, -0.15) is 0 Å². The molecule has 1 saturated heterocycles. The lowest BCUT2D eigenvalue weighted by Gasteiger charge is -2.38. The molecule has 19 heavy (non-hydrogen) atoms. The van der Waals surface area contributed by atoms with E-state index >= 15 is 0 Å². The molecule has 1 heterocycles. The number of hydrogen-bond acceptors (Lipinski definition) is 2. The van der Waals surface area contributed by atoms with E-state index < -0.39 is 12.0 Å². The van der Waals surface area contributed by atoms with Crippen LogP contribution in [0, 0.1) is 5.92 Å². The zero-order chi connectivity index (χ0) is 14.4. The van der Waals surface area contributed by atoms with Gasteiger partial charge in [0.2, 0.25) is 0 Å². The van der Waals surface area contributed by atoms with Crippen LogP contribution in [0.15, 0.2) is 0 Å². The maximum atomic E-state index is 12.2. The quantitative estimate of drug-likeness (QED) is 0.806. The molecule has 0 aromatic heterocycles. The second kappa shape index (κ2) is 7.36. The van der Waals surface area contributed by atoms with E-state index in [0.29, 0.717) is 12.3 Å². The van der Waals surface area contributed by atoms with Crippen LogP contribution in [-0.4, -0.2) is 40.6 Å². The summed E-state index contributed by atoms with van der Waals surface area (Å²) in [5, 5.41) is 11.8. The monoisotopic (exact) mass is 270 g/mol. The molecule has 0 saturated carbocycles. The summed E-state index contributed by atoms with van der Waals surface area (Å²) in [4.78, 5) is 25.1. The molecule has 0 radical (unpaired) electrons. The molecule has 1 fully saturated rings. The highest BCUT2D eigenvalue weighted by molar-refractivity contribution is 5.82. The Balaban J connectivity index is 2.58. The fourth-order valence-electron chi connectivity index (χ4n) is 2.52. The van der Waals surface area contributed by atoms with Crippen molar-refractivity contribution in [2.24, 2.45) is 5.92 Å². The van der Waals surface area contributed by atoms with Gasteiger partial charge in [-0.1, -0.05) is 26.7 Å². The van der Waals surface area contributed by atoms with Crippen LogP contribution in [0.5, 0.6) is 0 Å². The topological polar surface area (TPSA) is 69.6 Å². The highest BCUT2D eigenvalue weighted by Gasteiger charge is 2.30. The van der Waals surface area contributed by atoms with Gasteiger partial charge in [0.05, 0.1) is 0 Å². The number of unbranched alkanes of at least 4 members (excludes halogenated alkanes) is 1. The van der Waals surface area contributed by atoms with Gasteiger partial charge in [-0.15, -0.1) is 0 Å². The third kappa shape index (κ3) is 4.40. The van der Waals surface area contributed by atoms with Crippen LogP contribution in [0.3, 0.4) is 0 Å². The summed E-state index contributed by atoms with van der Waals surface area (Å²) in [5.41, 5.74) is 0. The number of nitrogens with zero attached hydrogens (tertiary/aromatic N) is 1. The number of hydrogen-bond donors (Lipinski definition) is 2. The molecule has 0 aromatic rings. The first-order valence-electron chi connectivity index (χ1n) is 7.27. The first kappa shape index (κ1) is 15.8. The number of piperidine rings is 1. The number of carbonyl (C=O) groups is 2. The Morgan fingerprint density at radius 2 is 2.11 bits per heavy atom. The van der Waals surface area contributed by atoms with Crippen LogP contribution in [-0.2, 0) is 4.79 Å². The third-order valence-corrected chi connectivity index (χ3v) is 4.08. The number of likely N-dealkylation sites (tertiary alicyclic amines) is 1. The van der Waals surface area contributed by atoms with Gasteiger partial charge in [0, 0.05) is 12.6 Å². The lowest BCUT2D eigenvalue weighted by Crippen LogP contribution is -2.54. The Hall–Kier alpha value is -1.26. The Morgan fingerprint density at radius 3 is 2.68 bits per heavy atom. The van der Waals surface area contributed by atoms with Gasteiger partial charge in [-0.25, -0.2) is 9.59 Å². The summed E-state index contributed by atoms with van der Waals surface area (Å²) in [6.45, 7) is 6.90. The molecular formula is C14H26N2O3. The van der Waals surface area contributed by atoms with Gasteiger partial charge in [-0.05, 0) is 32.1 Å². The summed E-state index contributed by atoms with van der Waals surface area (Å²) in [7, 11) is 0. The van der Waals surface area contributed by atoms with E-state index in [4.69, 9.17) is 5.11 Å². The molecule has 1 aliphatic rings. The number of aliphatic carboxylic acids is 1. The van der Waals surface area contributed by atoms with Crippen molar-refractivity contribution in [3.05, 3.63) is 0 Å². The normalized spacial score (nSPS) is 24.9. The smallest absolute Gasteiger partial charge is 0.326 e. The molecule has 2 amide bonds. The molecule has 1 aliphatic heterocycles. The van der Waals surface area contributed by atoms with E-state index in [1.807, 2.05) is 13.8 Å². The minimum absolute atomic E-state index is 0.175. The molecule has 2 N–H and O–H groups in total. The molecule has 1 rings (SSSR count). The zero-order valence-corrected chi connectivity index (χ0v) is 12.2. The number of carboxylic acids is 1. The number of carbonyl (C=O) groups excluding carboxylic acids is 1. The van der Waals surface area contributed by atoms with Gasteiger partial charge >= 0.3 is 12.0 Å². The number of amides is 2. The van der Waals surface area contributed by atoms with E-state index in [1.165, 1.54) is 0 Å². The Kier molecular flexibility index (Phi) is 6.12. The lowest BCUT2D eigenvalue weighted by molar-refractivity contribution is -0.139. The minimum atomic E-state index is -0.945. The van der Waals surface area contributed by atoms with Gasteiger partial charge in [0.1, 0.15) is 6.04 Å². The predicted octanol–water partition coefficient (Wildman–Crippen LogP) is 2.46. The largest absolute Gasteiger partial charge is 0.480 e. The van der Waals surface area contributed by atoms with E-state index in [-0.39, 0.29) is 12.1 Å². The molecule has 5 heteroatoms. The Bertz CT molecular complexity index is 320. The highest BCUT2D eigenvalue weighted by atomic mass is 16.4. The third-order valence-electron chi connectivity index (χ3n) is 4.08. The summed E-state index contributed by atoms with van der Waals surface area (Å²) < 4.78 is 0. The van der Waals surface area contributed by atoms with Crippen LogP contribution < -0.4 is 5.32 Å². The van der Waals surface area contributed by atoms with Crippen LogP contribution in [0.2, 0.25) is 0 Å². The first-order chi connectivity index (χ1) is 8.97. The molecule has 0 aromatic carbocycles. The number of carboxylic acid groups (broad SMARTS) is 1. The average Bonchev–Trinajstić information content (AvgIpc) is 2.37. The fraction of sp³-hybridized carbons (Fsp3) is 0.857. The van der Waals surface area contributed by atoms with Crippen LogP contribution >= 0.6 is 0 Å². The van der Waals surface area contributed by atoms with E-state index in [2.05, 4.69) is 12.2 Å². The van der Waals surface area contributed by atoms with Crippen molar-refractivity contribution in [1.82, 2.24) is 10.2 Å². The van der Waals surface area contributed by atoms with Crippen molar-refractivity contribution in [3.63, 3.8) is 0 Å². The van der Waals surface area contributed by atoms with E-state index in [9.17, 15) is 9.59 Å². The molecule has 3 atom stereocenters. The second-order valence-electron chi connectivity index (χ2n) is 5.54. The van der Waals surface area contributed by atoms with E-state index in [0.717, 1.165) is 32.2 Å². The molecule has 0 spiro atoms. The highest BCUT2D eigenvalue weighted by Crippen LogP contribution is 2.22. The van der Waals surface area contributed by atoms with Gasteiger partial charge in [0.15, 0.2) is 0 Å². The van der Waals surface area contributed by atoms with Gasteiger partial charge in [-0.3, -0.25) is 0 Å². The number of nitrogens with one attached hydrogen (secondary N) is 1. The maximum absolute atomic E-state index is 12.2. The number of rotatable bonds is 5. The van der Waals surface area contributed by atoms with Crippen molar-refractivity contribution in [2.75, 3.05) is 6.54 Å². The van der Waals surface area contributed by atoms with Crippen molar-refractivity contribution in [3.8, 4) is 0 Å². The molecular weight excluding hydrogens is 244 g/mol. The maximum Gasteiger partial charge on any atom is 0.326 e.